The summed E-state index contributed by atoms with van der Waals surface area (Å²) in [5.41, 5.74) is 2.53. The third kappa shape index (κ3) is 4.72. The summed E-state index contributed by atoms with van der Waals surface area (Å²) in [6.45, 7) is 5.68. The van der Waals surface area contributed by atoms with Gasteiger partial charge in [0.2, 0.25) is 5.91 Å². The van der Waals surface area contributed by atoms with E-state index in [4.69, 9.17) is 0 Å². The average molecular weight is 386 g/mol. The van der Waals surface area contributed by atoms with Gasteiger partial charge in [-0.15, -0.1) is 0 Å². The van der Waals surface area contributed by atoms with E-state index in [0.29, 0.717) is 11.3 Å². The van der Waals surface area contributed by atoms with Crippen molar-refractivity contribution in [2.24, 2.45) is 5.92 Å². The molecule has 4 nitrogen and oxygen atoms in total. The Morgan fingerprint density at radius 2 is 1.24 bits per heavy atom. The molecular formula is C25H26N2O2. The van der Waals surface area contributed by atoms with Crippen LogP contribution in [0.3, 0.4) is 0 Å². The largest absolute Gasteiger partial charge is 0.339 e. The first-order chi connectivity index (χ1) is 13.9. The molecule has 2 amide bonds. The Morgan fingerprint density at radius 3 is 1.69 bits per heavy atom. The quantitative estimate of drug-likeness (QED) is 0.628. The molecule has 0 bridgehead atoms. The summed E-state index contributed by atoms with van der Waals surface area (Å²) in [7, 11) is 0. The third-order valence-electron chi connectivity index (χ3n) is 5.00. The third-order valence-corrected chi connectivity index (χ3v) is 5.00. The maximum atomic E-state index is 13.1. The lowest BCUT2D eigenvalue weighted by molar-refractivity contribution is -0.118. The maximum absolute atomic E-state index is 13.1. The van der Waals surface area contributed by atoms with Gasteiger partial charge in [-0.3, -0.25) is 9.59 Å². The van der Waals surface area contributed by atoms with Gasteiger partial charge in [-0.05, 0) is 42.3 Å². The minimum Gasteiger partial charge on any atom is -0.339 e. The van der Waals surface area contributed by atoms with Gasteiger partial charge in [0.05, 0.1) is 5.54 Å². The van der Waals surface area contributed by atoms with E-state index in [-0.39, 0.29) is 17.7 Å². The molecule has 0 heterocycles. The highest BCUT2D eigenvalue weighted by atomic mass is 16.2. The number of carbonyl (C=O) groups excluding carboxylic acids is 2. The molecule has 3 aromatic rings. The standard InChI is InChI=1S/C25H26N2O2/c1-18(2)23(28)26-22-16-14-19(15-17-22)24(29)27-25(3,20-10-6-4-7-11-20)21-12-8-5-9-13-21/h4-18H,1-3H3,(H,26,28)(H,27,29). The predicted octanol–water partition coefficient (Wildman–Crippen LogP) is 4.97. The Kier molecular flexibility index (Phi) is 6.13. The van der Waals surface area contributed by atoms with E-state index in [9.17, 15) is 9.59 Å². The van der Waals surface area contributed by atoms with Gasteiger partial charge in [-0.25, -0.2) is 0 Å². The van der Waals surface area contributed by atoms with E-state index in [1.165, 1.54) is 0 Å². The number of carbonyl (C=O) groups is 2. The molecule has 3 rings (SSSR count). The fraction of sp³-hybridized carbons (Fsp3) is 0.200. The smallest absolute Gasteiger partial charge is 0.252 e. The zero-order chi connectivity index (χ0) is 20.9. The van der Waals surface area contributed by atoms with Crippen LogP contribution in [-0.2, 0) is 10.3 Å². The second kappa shape index (κ2) is 8.74. The molecular weight excluding hydrogens is 360 g/mol. The Balaban J connectivity index is 1.85. The van der Waals surface area contributed by atoms with Gasteiger partial charge >= 0.3 is 0 Å². The molecule has 0 aromatic heterocycles. The highest BCUT2D eigenvalue weighted by Gasteiger charge is 2.30. The van der Waals surface area contributed by atoms with Crippen LogP contribution in [0.2, 0.25) is 0 Å². The number of rotatable bonds is 6. The number of benzene rings is 3. The van der Waals surface area contributed by atoms with Gasteiger partial charge in [0, 0.05) is 17.2 Å². The van der Waals surface area contributed by atoms with E-state index in [1.54, 1.807) is 24.3 Å². The molecule has 0 saturated carbocycles. The van der Waals surface area contributed by atoms with Crippen LogP contribution in [0.5, 0.6) is 0 Å². The summed E-state index contributed by atoms with van der Waals surface area (Å²) < 4.78 is 0. The molecule has 0 saturated heterocycles. The fourth-order valence-electron chi connectivity index (χ4n) is 3.14. The summed E-state index contributed by atoms with van der Waals surface area (Å²) in [6, 6.07) is 26.8. The Morgan fingerprint density at radius 1 is 0.759 bits per heavy atom. The lowest BCUT2D eigenvalue weighted by atomic mass is 9.84. The molecule has 0 radical (unpaired) electrons. The molecule has 0 spiro atoms. The zero-order valence-electron chi connectivity index (χ0n) is 17.0. The first kappa shape index (κ1) is 20.3. The zero-order valence-corrected chi connectivity index (χ0v) is 17.0. The predicted molar refractivity (Wildman–Crippen MR) is 117 cm³/mol. The molecule has 3 aromatic carbocycles. The first-order valence-corrected chi connectivity index (χ1v) is 9.74. The van der Waals surface area contributed by atoms with Crippen LogP contribution in [0.15, 0.2) is 84.9 Å². The number of hydrogen-bond donors (Lipinski definition) is 2. The molecule has 29 heavy (non-hydrogen) atoms. The minimum atomic E-state index is -0.676. The van der Waals surface area contributed by atoms with Crippen molar-refractivity contribution in [2.75, 3.05) is 5.32 Å². The van der Waals surface area contributed by atoms with Crippen LogP contribution in [0.4, 0.5) is 5.69 Å². The van der Waals surface area contributed by atoms with Crippen LogP contribution < -0.4 is 10.6 Å². The Labute approximate surface area is 172 Å². The lowest BCUT2D eigenvalue weighted by Gasteiger charge is -2.32. The summed E-state index contributed by atoms with van der Waals surface area (Å²) in [4.78, 5) is 24.9. The highest BCUT2D eigenvalue weighted by molar-refractivity contribution is 5.96. The van der Waals surface area contributed by atoms with E-state index < -0.39 is 5.54 Å². The molecule has 0 atom stereocenters. The summed E-state index contributed by atoms with van der Waals surface area (Å²) in [5.74, 6) is -0.333. The molecule has 4 heteroatoms. The normalized spacial score (nSPS) is 11.2. The molecule has 2 N–H and O–H groups in total. The number of hydrogen-bond acceptors (Lipinski definition) is 2. The highest BCUT2D eigenvalue weighted by Crippen LogP contribution is 2.29. The molecule has 0 aliphatic carbocycles. The number of amides is 2. The number of anilines is 1. The van der Waals surface area contributed by atoms with E-state index in [0.717, 1.165) is 11.1 Å². The van der Waals surface area contributed by atoms with Gasteiger partial charge in [-0.1, -0.05) is 74.5 Å². The topological polar surface area (TPSA) is 58.2 Å². The Hall–Kier alpha value is -3.40. The van der Waals surface area contributed by atoms with Crippen LogP contribution in [0.25, 0.3) is 0 Å². The van der Waals surface area contributed by atoms with Crippen molar-refractivity contribution in [1.29, 1.82) is 0 Å². The van der Waals surface area contributed by atoms with Crippen molar-refractivity contribution in [2.45, 2.75) is 26.3 Å². The number of nitrogens with one attached hydrogen (secondary N) is 2. The van der Waals surface area contributed by atoms with Crippen LogP contribution in [-0.4, -0.2) is 11.8 Å². The molecule has 0 aliphatic heterocycles. The van der Waals surface area contributed by atoms with Crippen LogP contribution in [0.1, 0.15) is 42.3 Å². The Bertz CT molecular complexity index is 925. The maximum Gasteiger partial charge on any atom is 0.252 e. The summed E-state index contributed by atoms with van der Waals surface area (Å²) in [6.07, 6.45) is 0. The van der Waals surface area contributed by atoms with E-state index in [2.05, 4.69) is 10.6 Å². The van der Waals surface area contributed by atoms with E-state index >= 15 is 0 Å². The lowest BCUT2D eigenvalue weighted by Crippen LogP contribution is -2.44. The monoisotopic (exact) mass is 386 g/mol. The molecule has 0 fully saturated rings. The van der Waals surface area contributed by atoms with Crippen molar-refractivity contribution in [3.05, 3.63) is 102 Å². The summed E-state index contributed by atoms with van der Waals surface area (Å²) in [5, 5.41) is 6.03. The van der Waals surface area contributed by atoms with Crippen molar-refractivity contribution >= 4 is 17.5 Å². The van der Waals surface area contributed by atoms with Crippen LogP contribution >= 0.6 is 0 Å². The second-order valence-corrected chi connectivity index (χ2v) is 7.53. The van der Waals surface area contributed by atoms with Crippen molar-refractivity contribution in [3.8, 4) is 0 Å². The molecule has 148 valence electrons. The summed E-state index contributed by atoms with van der Waals surface area (Å²) >= 11 is 0. The minimum absolute atomic E-state index is 0.0528. The van der Waals surface area contributed by atoms with Gasteiger partial charge in [0.1, 0.15) is 0 Å². The van der Waals surface area contributed by atoms with Gasteiger partial charge in [-0.2, -0.15) is 0 Å². The fourth-order valence-corrected chi connectivity index (χ4v) is 3.14. The second-order valence-electron chi connectivity index (χ2n) is 7.53. The van der Waals surface area contributed by atoms with Gasteiger partial charge < -0.3 is 10.6 Å². The molecule has 0 unspecified atom stereocenters. The van der Waals surface area contributed by atoms with Gasteiger partial charge in [0.15, 0.2) is 0 Å². The van der Waals surface area contributed by atoms with Crippen LogP contribution in [0, 0.1) is 5.92 Å². The molecule has 0 aliphatic rings. The first-order valence-electron chi connectivity index (χ1n) is 9.74. The van der Waals surface area contributed by atoms with Crippen molar-refractivity contribution < 1.29 is 9.59 Å². The van der Waals surface area contributed by atoms with Gasteiger partial charge in [0.25, 0.3) is 5.91 Å². The van der Waals surface area contributed by atoms with Crippen molar-refractivity contribution in [3.63, 3.8) is 0 Å². The van der Waals surface area contributed by atoms with Crippen molar-refractivity contribution in [1.82, 2.24) is 5.32 Å². The average Bonchev–Trinajstić information content (AvgIpc) is 2.75. The van der Waals surface area contributed by atoms with E-state index in [1.807, 2.05) is 81.4 Å². The SMILES string of the molecule is CC(C)C(=O)Nc1ccc(C(=O)NC(C)(c2ccccc2)c2ccccc2)cc1.